The summed E-state index contributed by atoms with van der Waals surface area (Å²) in [4.78, 5) is 17.2. The van der Waals surface area contributed by atoms with Crippen LogP contribution in [0.25, 0.3) is 22.6 Å². The zero-order valence-corrected chi connectivity index (χ0v) is 15.5. The van der Waals surface area contributed by atoms with Gasteiger partial charge in [0.25, 0.3) is 5.91 Å². The summed E-state index contributed by atoms with van der Waals surface area (Å²) >= 11 is 0. The first-order chi connectivity index (χ1) is 13.0. The average Bonchev–Trinajstić information content (AvgIpc) is 3.06. The van der Waals surface area contributed by atoms with Crippen molar-refractivity contribution in [2.75, 3.05) is 5.32 Å². The summed E-state index contributed by atoms with van der Waals surface area (Å²) in [7, 11) is 0. The Bertz CT molecular complexity index is 1160. The molecule has 4 heteroatoms. The van der Waals surface area contributed by atoms with Crippen molar-refractivity contribution >= 4 is 22.7 Å². The lowest BCUT2D eigenvalue weighted by molar-refractivity contribution is 0.102. The van der Waals surface area contributed by atoms with E-state index in [0.717, 1.165) is 39.0 Å². The van der Waals surface area contributed by atoms with Crippen LogP contribution in [0.1, 0.15) is 27.0 Å². The van der Waals surface area contributed by atoms with Gasteiger partial charge in [-0.1, -0.05) is 29.8 Å². The number of nitrogens with zero attached hydrogens (tertiary/aromatic N) is 1. The predicted octanol–water partition coefficient (Wildman–Crippen LogP) is 5.67. The summed E-state index contributed by atoms with van der Waals surface area (Å²) in [5, 5.41) is 3.00. The van der Waals surface area contributed by atoms with E-state index in [9.17, 15) is 4.79 Å². The van der Waals surface area contributed by atoms with E-state index < -0.39 is 0 Å². The largest absolute Gasteiger partial charge is 0.436 e. The maximum Gasteiger partial charge on any atom is 0.255 e. The van der Waals surface area contributed by atoms with E-state index in [0.29, 0.717) is 11.5 Å². The molecule has 1 amide bonds. The van der Waals surface area contributed by atoms with Crippen molar-refractivity contribution in [1.29, 1.82) is 0 Å². The number of aryl methyl sites for hydroxylation is 2. The Morgan fingerprint density at radius 3 is 2.52 bits per heavy atom. The number of nitrogens with one attached hydrogen (secondary N) is 1. The quantitative estimate of drug-likeness (QED) is 0.514. The molecule has 0 unspecified atom stereocenters. The van der Waals surface area contributed by atoms with Crippen molar-refractivity contribution in [2.24, 2.45) is 0 Å². The number of carbonyl (C=O) groups is 1. The van der Waals surface area contributed by atoms with Gasteiger partial charge in [0.1, 0.15) is 5.52 Å². The fourth-order valence-electron chi connectivity index (χ4n) is 3.14. The van der Waals surface area contributed by atoms with Crippen molar-refractivity contribution in [3.05, 3.63) is 82.9 Å². The first-order valence-corrected chi connectivity index (χ1v) is 8.86. The van der Waals surface area contributed by atoms with E-state index in [1.807, 2.05) is 81.4 Å². The summed E-state index contributed by atoms with van der Waals surface area (Å²) in [5.41, 5.74) is 6.94. The number of benzene rings is 3. The lowest BCUT2D eigenvalue weighted by Crippen LogP contribution is -2.13. The predicted molar refractivity (Wildman–Crippen MR) is 108 cm³/mol. The molecule has 1 heterocycles. The van der Waals surface area contributed by atoms with Crippen LogP contribution in [-0.2, 0) is 0 Å². The lowest BCUT2D eigenvalue weighted by Gasteiger charge is -2.11. The molecule has 0 saturated heterocycles. The van der Waals surface area contributed by atoms with Gasteiger partial charge in [-0.15, -0.1) is 0 Å². The molecule has 0 radical (unpaired) electrons. The van der Waals surface area contributed by atoms with Gasteiger partial charge in [-0.3, -0.25) is 4.79 Å². The molecular weight excluding hydrogens is 336 g/mol. The zero-order chi connectivity index (χ0) is 19.0. The molecule has 0 spiro atoms. The molecule has 0 aliphatic carbocycles. The second-order valence-electron chi connectivity index (χ2n) is 6.79. The summed E-state index contributed by atoms with van der Waals surface area (Å²) in [6.07, 6.45) is 0. The van der Waals surface area contributed by atoms with Gasteiger partial charge in [0.2, 0.25) is 5.89 Å². The highest BCUT2D eigenvalue weighted by molar-refractivity contribution is 6.05. The fraction of sp³-hybridized carbons (Fsp3) is 0.130. The number of amides is 1. The summed E-state index contributed by atoms with van der Waals surface area (Å²) in [6, 6.07) is 19.2. The Morgan fingerprint density at radius 1 is 0.926 bits per heavy atom. The van der Waals surface area contributed by atoms with Crippen LogP contribution >= 0.6 is 0 Å². The number of anilines is 1. The third-order valence-corrected chi connectivity index (χ3v) is 4.64. The third-order valence-electron chi connectivity index (χ3n) is 4.64. The maximum atomic E-state index is 12.6. The number of carbonyl (C=O) groups excluding carboxylic acids is 1. The van der Waals surface area contributed by atoms with Crippen molar-refractivity contribution in [1.82, 2.24) is 4.98 Å². The van der Waals surface area contributed by atoms with Gasteiger partial charge < -0.3 is 9.73 Å². The summed E-state index contributed by atoms with van der Waals surface area (Å²) in [5.74, 6) is 0.423. The Balaban J connectivity index is 1.69. The molecule has 0 aliphatic heterocycles. The molecular formula is C23H20N2O2. The molecule has 1 N–H and O–H groups in total. The molecule has 0 fully saturated rings. The Labute approximate surface area is 157 Å². The minimum absolute atomic E-state index is 0.132. The Morgan fingerprint density at radius 2 is 1.70 bits per heavy atom. The van der Waals surface area contributed by atoms with Gasteiger partial charge >= 0.3 is 0 Å². The number of fused-ring (bicyclic) bond motifs is 1. The Hall–Kier alpha value is -3.40. The smallest absolute Gasteiger partial charge is 0.255 e. The highest BCUT2D eigenvalue weighted by Gasteiger charge is 2.15. The molecule has 0 aliphatic rings. The van der Waals surface area contributed by atoms with E-state index in [-0.39, 0.29) is 5.91 Å². The molecule has 4 aromatic rings. The maximum absolute atomic E-state index is 12.6. The highest BCUT2D eigenvalue weighted by atomic mass is 16.3. The van der Waals surface area contributed by atoms with Crippen molar-refractivity contribution in [3.63, 3.8) is 0 Å². The number of rotatable bonds is 3. The molecule has 4 nitrogen and oxygen atoms in total. The van der Waals surface area contributed by atoms with Gasteiger partial charge in [-0.05, 0) is 68.3 Å². The van der Waals surface area contributed by atoms with Crippen LogP contribution in [-0.4, -0.2) is 10.9 Å². The standard InChI is InChI=1S/C23H20N2O2/c1-14-6-4-7-17(12-14)22(26)24-19-9-5-8-18(16(19)3)23-25-20-13-15(2)10-11-21(20)27-23/h4-13H,1-3H3,(H,24,26). The molecule has 0 bridgehead atoms. The van der Waals surface area contributed by atoms with Crippen LogP contribution in [0.3, 0.4) is 0 Å². The molecule has 4 rings (SSSR count). The molecule has 3 aromatic carbocycles. The van der Waals surface area contributed by atoms with E-state index in [1.54, 1.807) is 0 Å². The van der Waals surface area contributed by atoms with Gasteiger partial charge in [0.15, 0.2) is 5.58 Å². The van der Waals surface area contributed by atoms with Crippen molar-refractivity contribution in [3.8, 4) is 11.5 Å². The molecule has 134 valence electrons. The van der Waals surface area contributed by atoms with Crippen molar-refractivity contribution < 1.29 is 9.21 Å². The van der Waals surface area contributed by atoms with E-state index in [2.05, 4.69) is 10.3 Å². The van der Waals surface area contributed by atoms with E-state index in [4.69, 9.17) is 4.42 Å². The Kier molecular flexibility index (Phi) is 4.24. The van der Waals surface area contributed by atoms with E-state index in [1.165, 1.54) is 0 Å². The highest BCUT2D eigenvalue weighted by Crippen LogP contribution is 2.31. The van der Waals surface area contributed by atoms with Gasteiger partial charge in [0.05, 0.1) is 0 Å². The first-order valence-electron chi connectivity index (χ1n) is 8.86. The molecule has 27 heavy (non-hydrogen) atoms. The average molecular weight is 356 g/mol. The van der Waals surface area contributed by atoms with Gasteiger partial charge in [-0.2, -0.15) is 0 Å². The third kappa shape index (κ3) is 3.34. The van der Waals surface area contributed by atoms with Gasteiger partial charge in [0, 0.05) is 16.8 Å². The first kappa shape index (κ1) is 17.0. The fourth-order valence-corrected chi connectivity index (χ4v) is 3.14. The second kappa shape index (κ2) is 6.72. The minimum Gasteiger partial charge on any atom is -0.436 e. The van der Waals surface area contributed by atoms with Crippen LogP contribution in [0.5, 0.6) is 0 Å². The summed E-state index contributed by atoms with van der Waals surface area (Å²) < 4.78 is 5.93. The number of hydrogen-bond acceptors (Lipinski definition) is 3. The monoisotopic (exact) mass is 356 g/mol. The van der Waals surface area contributed by atoms with Crippen LogP contribution in [0.15, 0.2) is 65.1 Å². The van der Waals surface area contributed by atoms with Gasteiger partial charge in [-0.25, -0.2) is 4.98 Å². The molecule has 0 saturated carbocycles. The SMILES string of the molecule is Cc1cccc(C(=O)Nc2cccc(-c3nc4cc(C)ccc4o3)c2C)c1. The normalized spacial score (nSPS) is 10.9. The minimum atomic E-state index is -0.132. The molecule has 1 aromatic heterocycles. The molecule has 0 atom stereocenters. The lowest BCUT2D eigenvalue weighted by atomic mass is 10.1. The number of oxazole rings is 1. The number of aromatic nitrogens is 1. The summed E-state index contributed by atoms with van der Waals surface area (Å²) in [6.45, 7) is 5.96. The topological polar surface area (TPSA) is 55.1 Å². The van der Waals surface area contributed by atoms with Crippen LogP contribution in [0.4, 0.5) is 5.69 Å². The van der Waals surface area contributed by atoms with Crippen LogP contribution in [0.2, 0.25) is 0 Å². The number of hydrogen-bond donors (Lipinski definition) is 1. The van der Waals surface area contributed by atoms with Crippen LogP contribution < -0.4 is 5.32 Å². The van der Waals surface area contributed by atoms with Crippen LogP contribution in [0, 0.1) is 20.8 Å². The zero-order valence-electron chi connectivity index (χ0n) is 15.5. The van der Waals surface area contributed by atoms with Crippen molar-refractivity contribution in [2.45, 2.75) is 20.8 Å². The van der Waals surface area contributed by atoms with E-state index >= 15 is 0 Å². The second-order valence-corrected chi connectivity index (χ2v) is 6.79.